The Morgan fingerprint density at radius 1 is 0.868 bits per heavy atom. The molecule has 0 spiro atoms. The van der Waals surface area contributed by atoms with E-state index in [0.29, 0.717) is 19.5 Å². The summed E-state index contributed by atoms with van der Waals surface area (Å²) < 4.78 is 5.76. The Kier molecular flexibility index (Phi) is 8.35. The molecule has 8 rings (SSSR count). The van der Waals surface area contributed by atoms with E-state index in [4.69, 9.17) is 4.74 Å². The van der Waals surface area contributed by atoms with Crippen molar-refractivity contribution < 1.29 is 14.3 Å². The van der Waals surface area contributed by atoms with Gasteiger partial charge in [0.1, 0.15) is 11.0 Å². The lowest BCUT2D eigenvalue weighted by molar-refractivity contribution is -0.122. The number of rotatable bonds is 9. The number of nitrogens with zero attached hydrogens (tertiary/aromatic N) is 5. The van der Waals surface area contributed by atoms with Gasteiger partial charge in [-0.25, -0.2) is 4.79 Å². The van der Waals surface area contributed by atoms with Gasteiger partial charge in [-0.2, -0.15) is 0 Å². The van der Waals surface area contributed by atoms with Crippen LogP contribution in [0.2, 0.25) is 0 Å². The lowest BCUT2D eigenvalue weighted by Gasteiger charge is -2.49. The zero-order chi connectivity index (χ0) is 37.5. The summed E-state index contributed by atoms with van der Waals surface area (Å²) >= 11 is 0. The minimum atomic E-state index is -1.06. The number of likely N-dealkylation sites (N-methyl/N-ethyl adjacent to an activating group) is 2. The number of benzene rings is 3. The third-order valence-corrected chi connectivity index (χ3v) is 13.0. The number of ether oxygens (including phenoxy) is 1. The minimum absolute atomic E-state index is 0.00543. The van der Waals surface area contributed by atoms with E-state index in [1.165, 1.54) is 16.8 Å². The largest absolute Gasteiger partial charge is 0.444 e. The number of carbonyl (C=O) groups is 2. The highest BCUT2D eigenvalue weighted by Crippen LogP contribution is 2.68. The third-order valence-electron chi connectivity index (χ3n) is 13.0. The van der Waals surface area contributed by atoms with Crippen LogP contribution in [0, 0.1) is 0 Å². The average molecular weight is 715 g/mol. The second kappa shape index (κ2) is 12.5. The maximum absolute atomic E-state index is 15.3. The van der Waals surface area contributed by atoms with Gasteiger partial charge in [0, 0.05) is 67.7 Å². The number of carbonyl (C=O) groups excluding carboxylic acids is 2. The Labute approximate surface area is 314 Å². The molecule has 2 amide bonds. The molecule has 0 aromatic heterocycles. The van der Waals surface area contributed by atoms with Gasteiger partial charge in [0.05, 0.1) is 12.3 Å². The van der Waals surface area contributed by atoms with E-state index < -0.39 is 17.1 Å². The Bertz CT molecular complexity index is 1990. The molecule has 5 aliphatic heterocycles. The molecule has 5 heterocycles. The molecular weight excluding hydrogens is 661 g/mol. The first-order valence-corrected chi connectivity index (χ1v) is 19.1. The van der Waals surface area contributed by atoms with Crippen molar-refractivity contribution in [2.75, 3.05) is 69.0 Å². The molecule has 0 radical (unpaired) electrons. The lowest BCUT2D eigenvalue weighted by Crippen LogP contribution is -2.61. The van der Waals surface area contributed by atoms with Crippen molar-refractivity contribution in [3.8, 4) is 0 Å². The van der Waals surface area contributed by atoms with Crippen molar-refractivity contribution in [1.29, 1.82) is 0 Å². The predicted molar refractivity (Wildman–Crippen MR) is 213 cm³/mol. The van der Waals surface area contributed by atoms with Crippen LogP contribution in [0.4, 0.5) is 21.9 Å². The van der Waals surface area contributed by atoms with Crippen LogP contribution in [0.15, 0.2) is 92.0 Å². The summed E-state index contributed by atoms with van der Waals surface area (Å²) in [7, 11) is 6.28. The number of para-hydroxylation sites is 3. The van der Waals surface area contributed by atoms with Gasteiger partial charge in [-0.15, -0.1) is 13.2 Å². The van der Waals surface area contributed by atoms with E-state index in [0.717, 1.165) is 55.0 Å². The zero-order valence-electron chi connectivity index (χ0n) is 32.2. The van der Waals surface area contributed by atoms with Crippen molar-refractivity contribution in [3.63, 3.8) is 0 Å². The van der Waals surface area contributed by atoms with Crippen molar-refractivity contribution in [3.05, 3.63) is 114 Å². The number of likely N-dealkylation sites (tertiary alicyclic amines) is 2. The number of amides is 2. The molecule has 0 aliphatic carbocycles. The SMILES string of the molecule is C=CCN1C(=O)[C@@](CCN(C)C(=O)OC(C)(C)C)(c2cccc3c2N[C@H]2N(C)CC[C@@]32[C@]23CCN(C)[C@H]2N(CC=C)c2ccccc23)c2ccccc21. The van der Waals surface area contributed by atoms with E-state index in [2.05, 4.69) is 95.8 Å². The van der Waals surface area contributed by atoms with Crippen LogP contribution in [0.5, 0.6) is 0 Å². The number of hydrogen-bond acceptors (Lipinski definition) is 7. The van der Waals surface area contributed by atoms with E-state index in [-0.39, 0.29) is 29.1 Å². The van der Waals surface area contributed by atoms with Gasteiger partial charge in [-0.05, 0) is 88.5 Å². The van der Waals surface area contributed by atoms with Crippen molar-refractivity contribution in [1.82, 2.24) is 14.7 Å². The number of fused-ring (bicyclic) bond motifs is 8. The van der Waals surface area contributed by atoms with Crippen molar-refractivity contribution in [2.24, 2.45) is 0 Å². The van der Waals surface area contributed by atoms with Gasteiger partial charge >= 0.3 is 6.09 Å². The normalized spacial score (nSPS) is 28.6. The van der Waals surface area contributed by atoms with Gasteiger partial charge in [0.25, 0.3) is 0 Å². The standard InChI is InChI=1S/C44H54N6O3/c1-9-25-49-35-21-14-12-17-31(35)44(24-29-47(7)38(44)49)43-23-28-46(6)37(43)45-36-32(18-15-19-33(36)43)42(22-27-48(8)40(52)53-41(3,4)5)30-16-11-13-20-34(30)50(26-10-2)39(42)51/h9-21,37-38,45H,1-2,22-29H2,3-8H3/t37-,38-,42+,43+,44-/m0/s1. The van der Waals surface area contributed by atoms with Crippen LogP contribution in [-0.2, 0) is 25.8 Å². The molecule has 5 aliphatic rings. The monoisotopic (exact) mass is 714 g/mol. The van der Waals surface area contributed by atoms with Crippen LogP contribution < -0.4 is 15.1 Å². The molecule has 53 heavy (non-hydrogen) atoms. The number of anilines is 3. The fourth-order valence-corrected chi connectivity index (χ4v) is 11.0. The first kappa shape index (κ1) is 35.4. The fourth-order valence-electron chi connectivity index (χ4n) is 11.0. The van der Waals surface area contributed by atoms with Crippen LogP contribution in [0.25, 0.3) is 0 Å². The highest BCUT2D eigenvalue weighted by molar-refractivity contribution is 6.11. The highest BCUT2D eigenvalue weighted by Gasteiger charge is 2.73. The van der Waals surface area contributed by atoms with Gasteiger partial charge < -0.3 is 24.8 Å². The second-order valence-electron chi connectivity index (χ2n) is 16.8. The molecule has 3 aromatic carbocycles. The van der Waals surface area contributed by atoms with E-state index in [1.807, 2.05) is 49.9 Å². The number of hydrogen-bond donors (Lipinski definition) is 1. The summed E-state index contributed by atoms with van der Waals surface area (Å²) in [6, 6.07) is 23.8. The molecule has 0 bridgehead atoms. The Balaban J connectivity index is 1.34. The predicted octanol–water partition coefficient (Wildman–Crippen LogP) is 6.69. The van der Waals surface area contributed by atoms with Gasteiger partial charge in [-0.1, -0.05) is 66.7 Å². The van der Waals surface area contributed by atoms with E-state index >= 15 is 4.79 Å². The first-order valence-electron chi connectivity index (χ1n) is 19.1. The maximum atomic E-state index is 15.3. The van der Waals surface area contributed by atoms with Crippen LogP contribution >= 0.6 is 0 Å². The van der Waals surface area contributed by atoms with Crippen LogP contribution in [0.1, 0.15) is 62.3 Å². The summed E-state index contributed by atoms with van der Waals surface area (Å²) in [5.41, 5.74) is 5.65. The molecule has 278 valence electrons. The summed E-state index contributed by atoms with van der Waals surface area (Å²) in [6.07, 6.45) is 5.99. The molecule has 1 N–H and O–H groups in total. The van der Waals surface area contributed by atoms with Gasteiger partial charge in [0.15, 0.2) is 0 Å². The third kappa shape index (κ3) is 4.75. The molecular formula is C44H54N6O3. The van der Waals surface area contributed by atoms with Crippen LogP contribution in [-0.4, -0.2) is 98.5 Å². The average Bonchev–Trinajstić information content (AvgIpc) is 3.89. The molecule has 2 saturated heterocycles. The second-order valence-corrected chi connectivity index (χ2v) is 16.8. The summed E-state index contributed by atoms with van der Waals surface area (Å²) in [6.45, 7) is 17.3. The minimum Gasteiger partial charge on any atom is -0.444 e. The van der Waals surface area contributed by atoms with E-state index in [9.17, 15) is 4.79 Å². The molecule has 3 aromatic rings. The maximum Gasteiger partial charge on any atom is 0.410 e. The Morgan fingerprint density at radius 3 is 2.21 bits per heavy atom. The molecule has 5 atom stereocenters. The smallest absolute Gasteiger partial charge is 0.410 e. The first-order chi connectivity index (χ1) is 25.4. The Morgan fingerprint density at radius 2 is 1.49 bits per heavy atom. The quantitative estimate of drug-likeness (QED) is 0.248. The molecule has 0 saturated carbocycles. The number of nitrogens with one attached hydrogen (secondary N) is 1. The molecule has 0 unspecified atom stereocenters. The summed E-state index contributed by atoms with van der Waals surface area (Å²) in [5, 5.41) is 4.15. The molecule has 9 nitrogen and oxygen atoms in total. The van der Waals surface area contributed by atoms with Crippen LogP contribution in [0.3, 0.4) is 0 Å². The molecule has 2 fully saturated rings. The molecule has 9 heteroatoms. The fraction of sp³-hybridized carbons (Fsp3) is 0.455. The van der Waals surface area contributed by atoms with E-state index in [1.54, 1.807) is 18.0 Å². The van der Waals surface area contributed by atoms with Gasteiger partial charge in [-0.3, -0.25) is 14.6 Å². The highest BCUT2D eigenvalue weighted by atomic mass is 16.6. The van der Waals surface area contributed by atoms with Crippen molar-refractivity contribution >= 4 is 29.1 Å². The Hall–Kier alpha value is -4.60. The topological polar surface area (TPSA) is 71.6 Å². The lowest BCUT2D eigenvalue weighted by atomic mass is 9.54. The van der Waals surface area contributed by atoms with Gasteiger partial charge in [0.2, 0.25) is 5.91 Å². The van der Waals surface area contributed by atoms with Crippen molar-refractivity contribution in [2.45, 2.75) is 74.2 Å². The summed E-state index contributed by atoms with van der Waals surface area (Å²) in [4.78, 5) is 39.7. The zero-order valence-corrected chi connectivity index (χ0v) is 32.2. The summed E-state index contributed by atoms with van der Waals surface area (Å²) in [5.74, 6) is 0.00543.